The predicted molar refractivity (Wildman–Crippen MR) is 272 cm³/mol. The van der Waals surface area contributed by atoms with E-state index in [2.05, 4.69) is 19.2 Å². The van der Waals surface area contributed by atoms with Crippen molar-refractivity contribution in [2.75, 3.05) is 40.9 Å². The van der Waals surface area contributed by atoms with E-state index in [1.807, 2.05) is 27.2 Å². The Bertz CT molecular complexity index is 1040. The smallest absolute Gasteiger partial charge is 0.387 e. The minimum Gasteiger partial charge on any atom is -0.387 e. The molecule has 0 spiro atoms. The van der Waals surface area contributed by atoms with E-state index >= 15 is 0 Å². The highest BCUT2D eigenvalue weighted by atomic mass is 31.2. The topological polar surface area (TPSA) is 105 Å². The zero-order valence-electron chi connectivity index (χ0n) is 42.8. The van der Waals surface area contributed by atoms with Crippen LogP contribution in [-0.2, 0) is 18.4 Å². The number of aliphatic hydroxyl groups is 1. The Morgan fingerprint density at radius 3 is 1.17 bits per heavy atom. The number of nitrogens with zero attached hydrogens (tertiary/aromatic N) is 1. The molecule has 63 heavy (non-hydrogen) atoms. The van der Waals surface area contributed by atoms with Crippen molar-refractivity contribution in [3.8, 4) is 0 Å². The Balaban J connectivity index is 4.18. The summed E-state index contributed by atoms with van der Waals surface area (Å²) in [6.45, 7) is 4.86. The molecule has 0 aliphatic heterocycles. The summed E-state index contributed by atoms with van der Waals surface area (Å²) in [5, 5.41) is 13.9. The lowest BCUT2D eigenvalue weighted by molar-refractivity contribution is -0.870. The maximum atomic E-state index is 13.0. The van der Waals surface area contributed by atoms with Crippen molar-refractivity contribution < 1.29 is 32.9 Å². The van der Waals surface area contributed by atoms with Crippen molar-refractivity contribution in [1.29, 1.82) is 0 Å². The maximum Gasteiger partial charge on any atom is 0.472 e. The van der Waals surface area contributed by atoms with Crippen LogP contribution in [0.25, 0.3) is 0 Å². The Labute approximate surface area is 392 Å². The van der Waals surface area contributed by atoms with Crippen LogP contribution in [0, 0.1) is 0 Å². The number of hydrogen-bond acceptors (Lipinski definition) is 5. The second-order valence-corrected chi connectivity index (χ2v) is 21.8. The number of quaternary nitrogens is 1. The van der Waals surface area contributed by atoms with Gasteiger partial charge in [0.1, 0.15) is 13.2 Å². The lowest BCUT2D eigenvalue weighted by Crippen LogP contribution is -2.45. The van der Waals surface area contributed by atoms with Crippen LogP contribution >= 0.6 is 7.82 Å². The number of rotatable bonds is 51. The molecule has 0 saturated carbocycles. The van der Waals surface area contributed by atoms with Gasteiger partial charge in [-0.05, 0) is 19.3 Å². The van der Waals surface area contributed by atoms with Gasteiger partial charge < -0.3 is 19.8 Å². The number of phosphoric ester groups is 1. The van der Waals surface area contributed by atoms with Gasteiger partial charge in [0.25, 0.3) is 0 Å². The summed E-state index contributed by atoms with van der Waals surface area (Å²) in [7, 11) is 1.59. The van der Waals surface area contributed by atoms with E-state index in [9.17, 15) is 19.4 Å². The first-order chi connectivity index (χ1) is 30.5. The SMILES string of the molecule is CCCCCCCCCCCCCCCCC/C=C/C(O)C(COP(=O)(O)OCC[N+](C)(C)C)NC(=O)CCCCCCCCCCCCCCCCCCCCCCCCCC. The van der Waals surface area contributed by atoms with Crippen molar-refractivity contribution in [2.24, 2.45) is 0 Å². The normalized spacial score (nSPS) is 14.1. The van der Waals surface area contributed by atoms with E-state index in [0.29, 0.717) is 17.4 Å². The van der Waals surface area contributed by atoms with Crippen molar-refractivity contribution in [1.82, 2.24) is 5.32 Å². The summed E-state index contributed by atoms with van der Waals surface area (Å²) in [6.07, 6.45) is 55.8. The quantitative estimate of drug-likeness (QED) is 0.0243. The maximum absolute atomic E-state index is 13.0. The molecule has 0 aromatic heterocycles. The van der Waals surface area contributed by atoms with Crippen LogP contribution in [-0.4, -0.2) is 73.4 Å². The van der Waals surface area contributed by atoms with Gasteiger partial charge >= 0.3 is 7.82 Å². The molecule has 376 valence electrons. The lowest BCUT2D eigenvalue weighted by Gasteiger charge is -2.25. The third-order valence-corrected chi connectivity index (χ3v) is 13.7. The number of hydrogen-bond donors (Lipinski definition) is 3. The zero-order valence-corrected chi connectivity index (χ0v) is 43.7. The lowest BCUT2D eigenvalue weighted by atomic mass is 10.0. The van der Waals surface area contributed by atoms with E-state index < -0.39 is 20.0 Å². The number of nitrogens with one attached hydrogen (secondary N) is 1. The second kappa shape index (κ2) is 46.4. The van der Waals surface area contributed by atoms with Crippen LogP contribution in [0.1, 0.15) is 277 Å². The molecule has 0 rings (SSSR count). The van der Waals surface area contributed by atoms with Gasteiger partial charge in [0, 0.05) is 6.42 Å². The summed E-state index contributed by atoms with van der Waals surface area (Å²) in [6, 6.07) is -0.841. The fraction of sp³-hybridized carbons (Fsp3) is 0.944. The van der Waals surface area contributed by atoms with Crippen LogP contribution < -0.4 is 5.32 Å². The molecule has 8 nitrogen and oxygen atoms in total. The number of amides is 1. The van der Waals surface area contributed by atoms with E-state index in [-0.39, 0.29) is 19.1 Å². The highest BCUT2D eigenvalue weighted by molar-refractivity contribution is 7.47. The van der Waals surface area contributed by atoms with Crippen LogP contribution in [0.5, 0.6) is 0 Å². The van der Waals surface area contributed by atoms with Gasteiger partial charge in [-0.3, -0.25) is 13.8 Å². The van der Waals surface area contributed by atoms with Crippen LogP contribution in [0.4, 0.5) is 0 Å². The summed E-state index contributed by atoms with van der Waals surface area (Å²) >= 11 is 0. The minimum atomic E-state index is -4.34. The summed E-state index contributed by atoms with van der Waals surface area (Å²) < 4.78 is 23.7. The predicted octanol–water partition coefficient (Wildman–Crippen LogP) is 16.3. The number of unbranched alkanes of at least 4 members (excludes halogenated alkanes) is 38. The van der Waals surface area contributed by atoms with Crippen molar-refractivity contribution in [2.45, 2.75) is 289 Å². The summed E-state index contributed by atoms with van der Waals surface area (Å²) in [5.74, 6) is -0.170. The molecule has 3 N–H and O–H groups in total. The number of phosphoric acid groups is 1. The Hall–Kier alpha value is -0.760. The van der Waals surface area contributed by atoms with Gasteiger partial charge in [-0.25, -0.2) is 4.57 Å². The first-order valence-corrected chi connectivity index (χ1v) is 29.1. The standard InChI is InChI=1S/C54H109N2O6P/c1-6-8-10-12-14-16-18-20-22-24-25-26-27-28-29-30-32-34-36-38-40-42-44-46-48-54(58)55-52(51-62-63(59,60)61-50-49-56(3,4)5)53(57)47-45-43-41-39-37-35-33-31-23-21-19-17-15-13-11-9-7-2/h45,47,52-53,57H,6-44,46,48-51H2,1-5H3,(H-,55,58,59,60)/p+1/b47-45+. The molecular weight excluding hydrogens is 804 g/mol. The van der Waals surface area contributed by atoms with Crippen molar-refractivity contribution >= 4 is 13.7 Å². The van der Waals surface area contributed by atoms with E-state index in [1.54, 1.807) is 6.08 Å². The van der Waals surface area contributed by atoms with Crippen LogP contribution in [0.2, 0.25) is 0 Å². The van der Waals surface area contributed by atoms with E-state index in [0.717, 1.165) is 32.1 Å². The number of allylic oxidation sites excluding steroid dienone is 1. The molecule has 0 radical (unpaired) electrons. The summed E-state index contributed by atoms with van der Waals surface area (Å²) in [4.78, 5) is 23.3. The largest absolute Gasteiger partial charge is 0.472 e. The molecule has 0 aliphatic rings. The molecule has 0 aliphatic carbocycles. The van der Waals surface area contributed by atoms with E-state index in [1.165, 1.54) is 225 Å². The molecule has 0 heterocycles. The molecule has 0 aromatic rings. The Morgan fingerprint density at radius 1 is 0.524 bits per heavy atom. The van der Waals surface area contributed by atoms with Crippen molar-refractivity contribution in [3.63, 3.8) is 0 Å². The Morgan fingerprint density at radius 2 is 0.841 bits per heavy atom. The van der Waals surface area contributed by atoms with E-state index in [4.69, 9.17) is 9.05 Å². The van der Waals surface area contributed by atoms with Crippen LogP contribution in [0.15, 0.2) is 12.2 Å². The average molecular weight is 914 g/mol. The van der Waals surface area contributed by atoms with Gasteiger partial charge in [-0.2, -0.15) is 0 Å². The van der Waals surface area contributed by atoms with Gasteiger partial charge in [-0.1, -0.05) is 264 Å². The highest BCUT2D eigenvalue weighted by Gasteiger charge is 2.27. The molecule has 0 saturated heterocycles. The highest BCUT2D eigenvalue weighted by Crippen LogP contribution is 2.43. The van der Waals surface area contributed by atoms with Crippen molar-refractivity contribution in [3.05, 3.63) is 12.2 Å². The first-order valence-electron chi connectivity index (χ1n) is 27.6. The average Bonchev–Trinajstić information content (AvgIpc) is 3.24. The van der Waals surface area contributed by atoms with Gasteiger partial charge in [-0.15, -0.1) is 0 Å². The molecule has 3 atom stereocenters. The molecule has 3 unspecified atom stereocenters. The zero-order chi connectivity index (χ0) is 46.4. The van der Waals surface area contributed by atoms with Gasteiger partial charge in [0.05, 0.1) is 39.9 Å². The monoisotopic (exact) mass is 914 g/mol. The third kappa shape index (κ3) is 49.0. The van der Waals surface area contributed by atoms with Crippen LogP contribution in [0.3, 0.4) is 0 Å². The fourth-order valence-corrected chi connectivity index (χ4v) is 9.13. The third-order valence-electron chi connectivity index (χ3n) is 12.8. The molecule has 9 heteroatoms. The molecule has 0 bridgehead atoms. The number of carbonyl (C=O) groups is 1. The Kier molecular flexibility index (Phi) is 45.8. The molecule has 0 fully saturated rings. The fourth-order valence-electron chi connectivity index (χ4n) is 8.40. The number of likely N-dealkylation sites (N-methyl/N-ethyl adjacent to an activating group) is 1. The summed E-state index contributed by atoms with van der Waals surface area (Å²) in [5.41, 5.74) is 0. The minimum absolute atomic E-state index is 0.0651. The molecular formula is C54H110N2O6P+. The molecule has 0 aromatic carbocycles. The van der Waals surface area contributed by atoms with Gasteiger partial charge in [0.2, 0.25) is 5.91 Å². The number of aliphatic hydroxyl groups excluding tert-OH is 1. The number of carbonyl (C=O) groups excluding carboxylic acids is 1. The van der Waals surface area contributed by atoms with Gasteiger partial charge in [0.15, 0.2) is 0 Å². The molecule has 1 amide bonds. The second-order valence-electron chi connectivity index (χ2n) is 20.3. The first kappa shape index (κ1) is 62.2.